The molecule has 0 N–H and O–H groups in total. The molecule has 0 bridgehead atoms. The molecule has 0 aliphatic carbocycles. The second kappa shape index (κ2) is 5.15. The minimum Gasteiger partial charge on any atom is -0.497 e. The molecule has 2 atom stereocenters. The molecule has 0 spiro atoms. The lowest BCUT2D eigenvalue weighted by Crippen LogP contribution is -2.42. The lowest BCUT2D eigenvalue weighted by atomic mass is 9.90. The van der Waals surface area contributed by atoms with E-state index in [9.17, 15) is 0 Å². The van der Waals surface area contributed by atoms with Crippen LogP contribution in [0.3, 0.4) is 0 Å². The first-order valence-corrected chi connectivity index (χ1v) is 6.95. The third kappa shape index (κ3) is 2.17. The molecule has 0 aromatic heterocycles. The van der Waals surface area contributed by atoms with Crippen LogP contribution in [0.25, 0.3) is 0 Å². The van der Waals surface area contributed by atoms with Crippen LogP contribution in [0.15, 0.2) is 36.4 Å². The highest BCUT2D eigenvalue weighted by molar-refractivity contribution is 5.32. The van der Waals surface area contributed by atoms with E-state index in [2.05, 4.69) is 41.3 Å². The van der Waals surface area contributed by atoms with E-state index < -0.39 is 0 Å². The van der Waals surface area contributed by atoms with E-state index in [0.717, 1.165) is 11.8 Å². The highest BCUT2D eigenvalue weighted by Gasteiger charge is 2.30. The number of hydrogen-bond acceptors (Lipinski definition) is 2. The van der Waals surface area contributed by atoms with Crippen LogP contribution in [0.2, 0.25) is 0 Å². The van der Waals surface area contributed by atoms with Gasteiger partial charge in [-0.15, -0.1) is 0 Å². The largest absolute Gasteiger partial charge is 0.497 e. The summed E-state index contributed by atoms with van der Waals surface area (Å²) < 4.78 is 5.23. The van der Waals surface area contributed by atoms with Gasteiger partial charge in [0, 0.05) is 6.04 Å². The van der Waals surface area contributed by atoms with Crippen molar-refractivity contribution in [2.24, 2.45) is 0 Å². The van der Waals surface area contributed by atoms with Crippen LogP contribution in [-0.4, -0.2) is 24.6 Å². The van der Waals surface area contributed by atoms with Crippen LogP contribution >= 0.6 is 0 Å². The fourth-order valence-electron chi connectivity index (χ4n) is 3.22. The van der Waals surface area contributed by atoms with Crippen LogP contribution in [0.1, 0.15) is 37.3 Å². The molecule has 0 radical (unpaired) electrons. The maximum absolute atomic E-state index is 5.23. The standard InChI is InChI=1S/C16H21NO/c1-18-15-10-8-13(9-11-15)16-7-4-6-14-5-2-3-12-17(14)16/h4,7-11,14,16H,2-3,5-6,12H2,1H3/t14-,16+/m0/s1. The molecule has 2 aliphatic heterocycles. The number of benzene rings is 1. The van der Waals surface area contributed by atoms with E-state index in [0.29, 0.717) is 6.04 Å². The molecule has 96 valence electrons. The summed E-state index contributed by atoms with van der Waals surface area (Å²) in [4.78, 5) is 2.67. The SMILES string of the molecule is COc1ccc([C@H]2C=CC[C@@H]3CCCCN32)cc1. The van der Waals surface area contributed by atoms with Crippen molar-refractivity contribution in [1.29, 1.82) is 0 Å². The van der Waals surface area contributed by atoms with Crippen LogP contribution in [0.5, 0.6) is 5.75 Å². The van der Waals surface area contributed by atoms with Gasteiger partial charge in [-0.3, -0.25) is 4.90 Å². The van der Waals surface area contributed by atoms with Crippen molar-refractivity contribution >= 4 is 0 Å². The van der Waals surface area contributed by atoms with Crippen molar-refractivity contribution in [1.82, 2.24) is 4.90 Å². The number of hydrogen-bond donors (Lipinski definition) is 0. The van der Waals surface area contributed by atoms with Crippen molar-refractivity contribution in [2.45, 2.75) is 37.8 Å². The molecular formula is C16H21NO. The second-order valence-corrected chi connectivity index (χ2v) is 5.27. The zero-order valence-electron chi connectivity index (χ0n) is 11.0. The molecule has 0 saturated carbocycles. The maximum Gasteiger partial charge on any atom is 0.118 e. The van der Waals surface area contributed by atoms with Gasteiger partial charge in [-0.1, -0.05) is 30.7 Å². The van der Waals surface area contributed by atoms with Crippen LogP contribution < -0.4 is 4.74 Å². The highest BCUT2D eigenvalue weighted by Crippen LogP contribution is 2.35. The number of rotatable bonds is 2. The Bertz CT molecular complexity index is 423. The number of ether oxygens (including phenoxy) is 1. The Morgan fingerprint density at radius 2 is 2.00 bits per heavy atom. The number of fused-ring (bicyclic) bond motifs is 1. The van der Waals surface area contributed by atoms with E-state index in [-0.39, 0.29) is 0 Å². The molecule has 3 rings (SSSR count). The van der Waals surface area contributed by atoms with Gasteiger partial charge in [0.05, 0.1) is 13.2 Å². The molecule has 2 aliphatic rings. The van der Waals surface area contributed by atoms with Crippen LogP contribution in [0, 0.1) is 0 Å². The molecule has 1 aromatic rings. The molecule has 1 saturated heterocycles. The summed E-state index contributed by atoms with van der Waals surface area (Å²) in [6.07, 6.45) is 10.1. The first-order chi connectivity index (χ1) is 8.88. The van der Waals surface area contributed by atoms with Gasteiger partial charge < -0.3 is 4.74 Å². The third-order valence-corrected chi connectivity index (χ3v) is 4.21. The number of piperidine rings is 1. The third-order valence-electron chi connectivity index (χ3n) is 4.21. The zero-order chi connectivity index (χ0) is 12.4. The summed E-state index contributed by atoms with van der Waals surface area (Å²) in [5.74, 6) is 0.939. The lowest BCUT2D eigenvalue weighted by molar-refractivity contribution is 0.109. The Balaban J connectivity index is 1.84. The van der Waals surface area contributed by atoms with E-state index in [1.807, 2.05) is 0 Å². The predicted molar refractivity (Wildman–Crippen MR) is 73.8 cm³/mol. The van der Waals surface area contributed by atoms with Gasteiger partial charge in [0.2, 0.25) is 0 Å². The van der Waals surface area contributed by atoms with E-state index in [1.165, 1.54) is 37.8 Å². The average molecular weight is 243 g/mol. The molecule has 1 fully saturated rings. The minimum absolute atomic E-state index is 0.468. The number of nitrogens with zero attached hydrogens (tertiary/aromatic N) is 1. The first-order valence-electron chi connectivity index (χ1n) is 6.95. The molecule has 2 heterocycles. The Hall–Kier alpha value is -1.28. The average Bonchev–Trinajstić information content (AvgIpc) is 2.47. The summed E-state index contributed by atoms with van der Waals surface area (Å²) in [7, 11) is 1.72. The Kier molecular flexibility index (Phi) is 3.37. The van der Waals surface area contributed by atoms with Crippen molar-refractivity contribution in [2.75, 3.05) is 13.7 Å². The van der Waals surface area contributed by atoms with Gasteiger partial charge in [0.15, 0.2) is 0 Å². The fraction of sp³-hybridized carbons (Fsp3) is 0.500. The Morgan fingerprint density at radius 3 is 2.78 bits per heavy atom. The monoisotopic (exact) mass is 243 g/mol. The fourth-order valence-corrected chi connectivity index (χ4v) is 3.22. The van der Waals surface area contributed by atoms with Crippen molar-refractivity contribution < 1.29 is 4.74 Å². The first kappa shape index (κ1) is 11.8. The highest BCUT2D eigenvalue weighted by atomic mass is 16.5. The van der Waals surface area contributed by atoms with Crippen molar-refractivity contribution in [3.8, 4) is 5.75 Å². The van der Waals surface area contributed by atoms with E-state index in [1.54, 1.807) is 7.11 Å². The maximum atomic E-state index is 5.23. The lowest BCUT2D eigenvalue weighted by Gasteiger charge is -2.42. The summed E-state index contributed by atoms with van der Waals surface area (Å²) in [6, 6.07) is 9.76. The van der Waals surface area contributed by atoms with Gasteiger partial charge in [0.25, 0.3) is 0 Å². The van der Waals surface area contributed by atoms with Gasteiger partial charge in [-0.05, 0) is 43.5 Å². The number of methoxy groups -OCH3 is 1. The van der Waals surface area contributed by atoms with Crippen LogP contribution in [0.4, 0.5) is 0 Å². The zero-order valence-corrected chi connectivity index (χ0v) is 11.0. The van der Waals surface area contributed by atoms with Gasteiger partial charge in [-0.25, -0.2) is 0 Å². The molecule has 2 nitrogen and oxygen atoms in total. The molecule has 2 heteroatoms. The van der Waals surface area contributed by atoms with Gasteiger partial charge in [-0.2, -0.15) is 0 Å². The quantitative estimate of drug-likeness (QED) is 0.736. The van der Waals surface area contributed by atoms with E-state index >= 15 is 0 Å². The molecule has 0 amide bonds. The predicted octanol–water partition coefficient (Wildman–Crippen LogP) is 3.55. The topological polar surface area (TPSA) is 12.5 Å². The molecule has 18 heavy (non-hydrogen) atoms. The van der Waals surface area contributed by atoms with Gasteiger partial charge >= 0.3 is 0 Å². The summed E-state index contributed by atoms with van der Waals surface area (Å²) in [5.41, 5.74) is 1.39. The smallest absolute Gasteiger partial charge is 0.118 e. The minimum atomic E-state index is 0.468. The van der Waals surface area contributed by atoms with E-state index in [4.69, 9.17) is 4.74 Å². The summed E-state index contributed by atoms with van der Waals surface area (Å²) >= 11 is 0. The Labute approximate surface area is 109 Å². The van der Waals surface area contributed by atoms with Crippen molar-refractivity contribution in [3.05, 3.63) is 42.0 Å². The summed E-state index contributed by atoms with van der Waals surface area (Å²) in [5, 5.41) is 0. The van der Waals surface area contributed by atoms with Gasteiger partial charge in [0.1, 0.15) is 5.75 Å². The Morgan fingerprint density at radius 1 is 1.17 bits per heavy atom. The summed E-state index contributed by atoms with van der Waals surface area (Å²) in [6.45, 7) is 1.24. The normalized spacial score (nSPS) is 27.8. The second-order valence-electron chi connectivity index (χ2n) is 5.27. The van der Waals surface area contributed by atoms with Crippen molar-refractivity contribution in [3.63, 3.8) is 0 Å². The molecular weight excluding hydrogens is 222 g/mol. The molecule has 1 aromatic carbocycles. The van der Waals surface area contributed by atoms with Crippen LogP contribution in [-0.2, 0) is 0 Å². The molecule has 0 unspecified atom stereocenters.